The predicted molar refractivity (Wildman–Crippen MR) is 100 cm³/mol. The van der Waals surface area contributed by atoms with Crippen molar-refractivity contribution in [2.75, 3.05) is 29.2 Å². The summed E-state index contributed by atoms with van der Waals surface area (Å²) in [5.41, 5.74) is 4.82. The van der Waals surface area contributed by atoms with Crippen LogP contribution in [0.2, 0.25) is 0 Å². The van der Waals surface area contributed by atoms with Crippen LogP contribution in [0.1, 0.15) is 38.1 Å². The van der Waals surface area contributed by atoms with E-state index in [0.717, 1.165) is 33.9 Å². The van der Waals surface area contributed by atoms with Gasteiger partial charge >= 0.3 is 0 Å². The lowest BCUT2D eigenvalue weighted by Crippen LogP contribution is -2.35. The largest absolute Gasteiger partial charge is 0.497 e. The Morgan fingerprint density at radius 1 is 1.12 bits per heavy atom. The van der Waals surface area contributed by atoms with Crippen LogP contribution in [0.15, 0.2) is 36.4 Å². The number of hydrogen-bond acceptors (Lipinski definition) is 4. The standard InChI is InChI=1S/C20H23N3O2/c1-5-23-17-11-16-15(10-14(17)20(2,3)19(23)24)21-18(22-16)12-6-8-13(25-4)9-7-12/h6-11,18,21-22H,5H2,1-4H3. The molecule has 0 radical (unpaired) electrons. The molecule has 1 unspecified atom stereocenters. The Kier molecular flexibility index (Phi) is 3.42. The van der Waals surface area contributed by atoms with Gasteiger partial charge in [0.25, 0.3) is 0 Å². The van der Waals surface area contributed by atoms with E-state index in [1.165, 1.54) is 0 Å². The number of carbonyl (C=O) groups excluding carboxylic acids is 1. The van der Waals surface area contributed by atoms with Crippen molar-refractivity contribution in [3.8, 4) is 5.75 Å². The second-order valence-corrected chi connectivity index (χ2v) is 7.08. The molecule has 2 aromatic carbocycles. The molecule has 0 aromatic heterocycles. The van der Waals surface area contributed by atoms with E-state index in [4.69, 9.17) is 4.74 Å². The lowest BCUT2D eigenvalue weighted by molar-refractivity contribution is -0.122. The fraction of sp³-hybridized carbons (Fsp3) is 0.350. The van der Waals surface area contributed by atoms with E-state index in [-0.39, 0.29) is 12.1 Å². The van der Waals surface area contributed by atoms with Gasteiger partial charge in [-0.3, -0.25) is 4.79 Å². The highest BCUT2D eigenvalue weighted by atomic mass is 16.5. The smallest absolute Gasteiger partial charge is 0.237 e. The fourth-order valence-corrected chi connectivity index (χ4v) is 3.74. The molecule has 1 atom stereocenters. The Labute approximate surface area is 148 Å². The number of nitrogens with zero attached hydrogens (tertiary/aromatic N) is 1. The zero-order valence-corrected chi connectivity index (χ0v) is 15.0. The van der Waals surface area contributed by atoms with Gasteiger partial charge in [0.15, 0.2) is 0 Å². The Morgan fingerprint density at radius 2 is 1.76 bits per heavy atom. The van der Waals surface area contributed by atoms with E-state index < -0.39 is 5.41 Å². The number of amides is 1. The highest BCUT2D eigenvalue weighted by molar-refractivity contribution is 6.09. The Hall–Kier alpha value is -2.69. The summed E-state index contributed by atoms with van der Waals surface area (Å²) >= 11 is 0. The molecule has 0 aliphatic carbocycles. The van der Waals surface area contributed by atoms with E-state index >= 15 is 0 Å². The third-order valence-corrected chi connectivity index (χ3v) is 5.24. The van der Waals surface area contributed by atoms with Crippen molar-refractivity contribution in [3.63, 3.8) is 0 Å². The molecule has 0 bridgehead atoms. The monoisotopic (exact) mass is 337 g/mol. The molecule has 2 heterocycles. The molecule has 2 aromatic rings. The highest BCUT2D eigenvalue weighted by Crippen LogP contribution is 2.48. The van der Waals surface area contributed by atoms with E-state index in [9.17, 15) is 4.79 Å². The maximum atomic E-state index is 12.7. The first-order valence-corrected chi connectivity index (χ1v) is 8.63. The van der Waals surface area contributed by atoms with Crippen molar-refractivity contribution < 1.29 is 9.53 Å². The lowest BCUT2D eigenvalue weighted by Gasteiger charge is -2.18. The Bertz CT molecular complexity index is 843. The van der Waals surface area contributed by atoms with Crippen molar-refractivity contribution in [1.82, 2.24) is 0 Å². The van der Waals surface area contributed by atoms with Gasteiger partial charge in [-0.25, -0.2) is 0 Å². The molecule has 0 fully saturated rings. The first kappa shape index (κ1) is 15.8. The van der Waals surface area contributed by atoms with Gasteiger partial charge < -0.3 is 20.3 Å². The minimum atomic E-state index is -0.486. The number of fused-ring (bicyclic) bond motifs is 2. The molecule has 2 aliphatic rings. The van der Waals surface area contributed by atoms with Crippen LogP contribution in [0.25, 0.3) is 0 Å². The first-order chi connectivity index (χ1) is 12.0. The molecule has 0 spiro atoms. The van der Waals surface area contributed by atoms with Crippen molar-refractivity contribution in [2.45, 2.75) is 32.4 Å². The molecule has 5 nitrogen and oxygen atoms in total. The molecular formula is C20H23N3O2. The summed E-state index contributed by atoms with van der Waals surface area (Å²) in [6, 6.07) is 12.2. The number of nitrogens with one attached hydrogen (secondary N) is 2. The molecule has 0 saturated carbocycles. The SMILES string of the molecule is CCN1C(=O)C(C)(C)c2cc3c(cc21)NC(c1ccc(OC)cc1)N3. The zero-order valence-electron chi connectivity index (χ0n) is 15.0. The molecular weight excluding hydrogens is 314 g/mol. The summed E-state index contributed by atoms with van der Waals surface area (Å²) in [5, 5.41) is 7.04. The van der Waals surface area contributed by atoms with E-state index in [1.807, 2.05) is 37.8 Å². The van der Waals surface area contributed by atoms with E-state index in [0.29, 0.717) is 6.54 Å². The second-order valence-electron chi connectivity index (χ2n) is 7.08. The number of carbonyl (C=O) groups is 1. The number of rotatable bonds is 3. The maximum Gasteiger partial charge on any atom is 0.237 e. The third-order valence-electron chi connectivity index (χ3n) is 5.24. The number of ether oxygens (including phenoxy) is 1. The zero-order chi connectivity index (χ0) is 17.8. The summed E-state index contributed by atoms with van der Waals surface area (Å²) in [4.78, 5) is 14.5. The molecule has 25 heavy (non-hydrogen) atoms. The molecule has 5 heteroatoms. The summed E-state index contributed by atoms with van der Waals surface area (Å²) in [5.74, 6) is 1.01. The van der Waals surface area contributed by atoms with Crippen LogP contribution < -0.4 is 20.3 Å². The van der Waals surface area contributed by atoms with Crippen LogP contribution in [0.5, 0.6) is 5.75 Å². The highest BCUT2D eigenvalue weighted by Gasteiger charge is 2.44. The topological polar surface area (TPSA) is 53.6 Å². The first-order valence-electron chi connectivity index (χ1n) is 8.63. The van der Waals surface area contributed by atoms with Crippen LogP contribution in [0, 0.1) is 0 Å². The van der Waals surface area contributed by atoms with Gasteiger partial charge in [0.2, 0.25) is 5.91 Å². The predicted octanol–water partition coefficient (Wildman–Crippen LogP) is 3.88. The minimum Gasteiger partial charge on any atom is -0.497 e. The molecule has 1 amide bonds. The number of benzene rings is 2. The van der Waals surface area contributed by atoms with Crippen LogP contribution in [-0.2, 0) is 10.2 Å². The van der Waals surface area contributed by atoms with Crippen LogP contribution in [-0.4, -0.2) is 19.6 Å². The van der Waals surface area contributed by atoms with Gasteiger partial charge in [0.1, 0.15) is 11.9 Å². The van der Waals surface area contributed by atoms with Crippen molar-refractivity contribution in [1.29, 1.82) is 0 Å². The quantitative estimate of drug-likeness (QED) is 0.892. The number of anilines is 3. The minimum absolute atomic E-state index is 0.0114. The van der Waals surface area contributed by atoms with Crippen molar-refractivity contribution in [3.05, 3.63) is 47.5 Å². The van der Waals surface area contributed by atoms with Gasteiger partial charge in [-0.05, 0) is 56.2 Å². The molecule has 2 aliphatic heterocycles. The van der Waals surface area contributed by atoms with Crippen LogP contribution in [0.4, 0.5) is 17.1 Å². The fourth-order valence-electron chi connectivity index (χ4n) is 3.74. The number of likely N-dealkylation sites (N-methyl/N-ethyl adjacent to an activating group) is 1. The van der Waals surface area contributed by atoms with Crippen molar-refractivity contribution in [2.24, 2.45) is 0 Å². The average molecular weight is 337 g/mol. The van der Waals surface area contributed by atoms with Gasteiger partial charge in [0.05, 0.1) is 29.6 Å². The second kappa shape index (κ2) is 5.41. The third kappa shape index (κ3) is 2.26. The van der Waals surface area contributed by atoms with Crippen LogP contribution >= 0.6 is 0 Å². The van der Waals surface area contributed by atoms with Gasteiger partial charge in [-0.15, -0.1) is 0 Å². The van der Waals surface area contributed by atoms with E-state index in [2.05, 4.69) is 34.9 Å². The van der Waals surface area contributed by atoms with Gasteiger partial charge in [0, 0.05) is 6.54 Å². The molecule has 0 saturated heterocycles. The molecule has 4 rings (SSSR count). The Balaban J connectivity index is 1.68. The number of methoxy groups -OCH3 is 1. The summed E-state index contributed by atoms with van der Waals surface area (Å²) in [6.07, 6.45) is 0.0114. The lowest BCUT2D eigenvalue weighted by atomic mass is 9.86. The number of hydrogen-bond donors (Lipinski definition) is 2. The normalized spacial score (nSPS) is 19.9. The maximum absolute atomic E-state index is 12.7. The van der Waals surface area contributed by atoms with Crippen molar-refractivity contribution >= 4 is 23.0 Å². The Morgan fingerprint density at radius 3 is 2.36 bits per heavy atom. The molecule has 130 valence electrons. The van der Waals surface area contributed by atoms with E-state index in [1.54, 1.807) is 7.11 Å². The average Bonchev–Trinajstić information content (AvgIpc) is 3.11. The summed E-state index contributed by atoms with van der Waals surface area (Å²) in [6.45, 7) is 6.70. The van der Waals surface area contributed by atoms with Crippen LogP contribution in [0.3, 0.4) is 0 Å². The van der Waals surface area contributed by atoms with Gasteiger partial charge in [-0.2, -0.15) is 0 Å². The molecule has 2 N–H and O–H groups in total. The summed E-state index contributed by atoms with van der Waals surface area (Å²) in [7, 11) is 1.67. The summed E-state index contributed by atoms with van der Waals surface area (Å²) < 4.78 is 5.23. The van der Waals surface area contributed by atoms with Gasteiger partial charge in [-0.1, -0.05) is 12.1 Å².